The second-order valence-corrected chi connectivity index (χ2v) is 2.46. The molecule has 0 heterocycles. The summed E-state index contributed by atoms with van der Waals surface area (Å²) in [6.45, 7) is 0.110. The van der Waals surface area contributed by atoms with Crippen molar-refractivity contribution in [1.29, 1.82) is 0 Å². The Kier molecular flexibility index (Phi) is 2.25. The normalized spacial score (nSPS) is 16.4. The topological polar surface area (TPSA) is 72.2 Å². The maximum Gasteiger partial charge on any atom is 0.236 e. The third kappa shape index (κ3) is 2.41. The maximum absolute atomic E-state index is 10.7. The first-order valence-electron chi connectivity index (χ1n) is 3.44. The zero-order chi connectivity index (χ0) is 8.27. The molecule has 0 radical (unpaired) electrons. The van der Waals surface area contributed by atoms with Crippen LogP contribution in [0.1, 0.15) is 12.8 Å². The number of ketones is 1. The third-order valence-corrected chi connectivity index (χ3v) is 1.47. The highest BCUT2D eigenvalue weighted by molar-refractivity contribution is 5.92. The summed E-state index contributed by atoms with van der Waals surface area (Å²) in [5.41, 5.74) is 5.71. The molecule has 0 saturated heterocycles. The molecule has 1 aliphatic rings. The van der Waals surface area contributed by atoms with Gasteiger partial charge in [0.05, 0.1) is 6.54 Å². The van der Waals surface area contributed by atoms with Crippen molar-refractivity contribution in [2.45, 2.75) is 12.8 Å². The predicted molar refractivity (Wildman–Crippen MR) is 39.5 cm³/mol. The highest BCUT2D eigenvalue weighted by atomic mass is 16.1. The molecule has 4 heteroatoms. The van der Waals surface area contributed by atoms with E-state index in [0.717, 1.165) is 5.70 Å². The van der Waals surface area contributed by atoms with Crippen LogP contribution in [-0.2, 0) is 9.59 Å². The van der Waals surface area contributed by atoms with Gasteiger partial charge in [0.25, 0.3) is 0 Å². The average molecular weight is 154 g/mol. The van der Waals surface area contributed by atoms with E-state index in [4.69, 9.17) is 5.73 Å². The highest BCUT2D eigenvalue weighted by Crippen LogP contribution is 2.10. The van der Waals surface area contributed by atoms with Crippen molar-refractivity contribution in [3.63, 3.8) is 0 Å². The van der Waals surface area contributed by atoms with E-state index in [1.54, 1.807) is 0 Å². The molecule has 0 saturated carbocycles. The van der Waals surface area contributed by atoms with Crippen LogP contribution in [-0.4, -0.2) is 18.2 Å². The largest absolute Gasteiger partial charge is 0.379 e. The van der Waals surface area contributed by atoms with Crippen molar-refractivity contribution in [1.82, 2.24) is 5.32 Å². The van der Waals surface area contributed by atoms with E-state index in [1.807, 2.05) is 0 Å². The Hall–Kier alpha value is -1.32. The quantitative estimate of drug-likeness (QED) is 0.565. The van der Waals surface area contributed by atoms with Gasteiger partial charge in [0.15, 0.2) is 5.78 Å². The SMILES string of the molecule is NC(=O)CNC1=CC(=O)CC1. The third-order valence-electron chi connectivity index (χ3n) is 1.47. The van der Waals surface area contributed by atoms with Crippen LogP contribution in [0.15, 0.2) is 11.8 Å². The summed E-state index contributed by atoms with van der Waals surface area (Å²) in [5.74, 6) is -0.304. The molecule has 0 unspecified atom stereocenters. The van der Waals surface area contributed by atoms with Crippen LogP contribution in [0, 0.1) is 0 Å². The lowest BCUT2D eigenvalue weighted by Gasteiger charge is -2.01. The molecule has 0 aromatic rings. The van der Waals surface area contributed by atoms with Crippen LogP contribution in [0.2, 0.25) is 0 Å². The van der Waals surface area contributed by atoms with Crippen LogP contribution in [0.4, 0.5) is 0 Å². The minimum absolute atomic E-state index is 0.108. The lowest BCUT2D eigenvalue weighted by Crippen LogP contribution is -2.27. The van der Waals surface area contributed by atoms with Gasteiger partial charge in [0.1, 0.15) is 0 Å². The number of hydrogen-bond acceptors (Lipinski definition) is 3. The summed E-state index contributed by atoms with van der Waals surface area (Å²) < 4.78 is 0. The Morgan fingerprint density at radius 3 is 2.82 bits per heavy atom. The highest BCUT2D eigenvalue weighted by Gasteiger charge is 2.11. The molecule has 0 bridgehead atoms. The van der Waals surface area contributed by atoms with Crippen LogP contribution in [0.5, 0.6) is 0 Å². The second kappa shape index (κ2) is 3.18. The molecule has 1 aliphatic carbocycles. The first-order chi connectivity index (χ1) is 5.18. The molecule has 0 fully saturated rings. The number of rotatable bonds is 3. The minimum Gasteiger partial charge on any atom is -0.379 e. The van der Waals surface area contributed by atoms with Crippen LogP contribution >= 0.6 is 0 Å². The Morgan fingerprint density at radius 1 is 1.64 bits per heavy atom. The molecular formula is C7H10N2O2. The Balaban J connectivity index is 2.33. The van der Waals surface area contributed by atoms with Crippen LogP contribution in [0.3, 0.4) is 0 Å². The van der Waals surface area contributed by atoms with Gasteiger partial charge in [-0.25, -0.2) is 0 Å². The van der Waals surface area contributed by atoms with E-state index in [0.29, 0.717) is 12.8 Å². The number of nitrogens with one attached hydrogen (secondary N) is 1. The van der Waals surface area contributed by atoms with Gasteiger partial charge in [-0.15, -0.1) is 0 Å². The number of carbonyl (C=O) groups is 2. The van der Waals surface area contributed by atoms with Crippen molar-refractivity contribution in [2.24, 2.45) is 5.73 Å². The number of primary amides is 1. The Labute approximate surface area is 64.4 Å². The van der Waals surface area contributed by atoms with E-state index >= 15 is 0 Å². The molecular weight excluding hydrogens is 144 g/mol. The van der Waals surface area contributed by atoms with Crippen molar-refractivity contribution in [2.75, 3.05) is 6.54 Å². The molecule has 4 nitrogen and oxygen atoms in total. The fourth-order valence-electron chi connectivity index (χ4n) is 0.937. The number of amides is 1. The number of carbonyl (C=O) groups excluding carboxylic acids is 2. The van der Waals surface area contributed by atoms with E-state index in [2.05, 4.69) is 5.32 Å². The minimum atomic E-state index is -0.412. The standard InChI is InChI=1S/C7H10N2O2/c8-7(11)4-9-5-1-2-6(10)3-5/h3,9H,1-2,4H2,(H2,8,11). The molecule has 0 spiro atoms. The number of hydrogen-bond donors (Lipinski definition) is 2. The fraction of sp³-hybridized carbons (Fsp3) is 0.429. The van der Waals surface area contributed by atoms with E-state index in [9.17, 15) is 9.59 Å². The summed E-state index contributed by atoms with van der Waals surface area (Å²) >= 11 is 0. The first kappa shape index (κ1) is 7.78. The lowest BCUT2D eigenvalue weighted by molar-refractivity contribution is -0.117. The zero-order valence-corrected chi connectivity index (χ0v) is 6.09. The number of nitrogens with two attached hydrogens (primary N) is 1. The average Bonchev–Trinajstić information content (AvgIpc) is 2.31. The van der Waals surface area contributed by atoms with E-state index in [1.165, 1.54) is 6.08 Å². The molecule has 11 heavy (non-hydrogen) atoms. The molecule has 0 aliphatic heterocycles. The first-order valence-corrected chi connectivity index (χ1v) is 3.44. The molecule has 0 atom stereocenters. The van der Waals surface area contributed by atoms with Crippen molar-refractivity contribution >= 4 is 11.7 Å². The smallest absolute Gasteiger partial charge is 0.236 e. The van der Waals surface area contributed by atoms with Crippen LogP contribution < -0.4 is 11.1 Å². The van der Waals surface area contributed by atoms with Crippen molar-refractivity contribution in [3.8, 4) is 0 Å². The van der Waals surface area contributed by atoms with E-state index in [-0.39, 0.29) is 12.3 Å². The molecule has 1 amide bonds. The molecule has 0 aromatic heterocycles. The predicted octanol–water partition coefficient (Wildman–Crippen LogP) is -0.692. The van der Waals surface area contributed by atoms with Gasteiger partial charge in [-0.3, -0.25) is 9.59 Å². The second-order valence-electron chi connectivity index (χ2n) is 2.46. The lowest BCUT2D eigenvalue weighted by atomic mass is 10.3. The fourth-order valence-corrected chi connectivity index (χ4v) is 0.937. The molecule has 60 valence electrons. The summed E-state index contributed by atoms with van der Waals surface area (Å²) in [6.07, 6.45) is 2.76. The zero-order valence-electron chi connectivity index (χ0n) is 6.09. The number of allylic oxidation sites excluding steroid dienone is 2. The molecule has 0 aromatic carbocycles. The summed E-state index contributed by atoms with van der Waals surface area (Å²) in [4.78, 5) is 21.0. The monoisotopic (exact) mass is 154 g/mol. The van der Waals surface area contributed by atoms with Gasteiger partial charge in [0.2, 0.25) is 5.91 Å². The summed E-state index contributed by atoms with van der Waals surface area (Å²) in [6, 6.07) is 0. The Bertz CT molecular complexity index is 220. The van der Waals surface area contributed by atoms with Gasteiger partial charge < -0.3 is 11.1 Å². The van der Waals surface area contributed by atoms with Gasteiger partial charge in [-0.2, -0.15) is 0 Å². The summed E-state index contributed by atoms with van der Waals surface area (Å²) in [5, 5.41) is 2.78. The van der Waals surface area contributed by atoms with Gasteiger partial charge in [0, 0.05) is 18.2 Å². The van der Waals surface area contributed by atoms with Crippen LogP contribution in [0.25, 0.3) is 0 Å². The summed E-state index contributed by atoms with van der Waals surface area (Å²) in [7, 11) is 0. The van der Waals surface area contributed by atoms with Gasteiger partial charge >= 0.3 is 0 Å². The van der Waals surface area contributed by atoms with Crippen molar-refractivity contribution < 1.29 is 9.59 Å². The van der Waals surface area contributed by atoms with E-state index < -0.39 is 5.91 Å². The Morgan fingerprint density at radius 2 is 2.36 bits per heavy atom. The van der Waals surface area contributed by atoms with Crippen molar-refractivity contribution in [3.05, 3.63) is 11.8 Å². The molecule has 3 N–H and O–H groups in total. The maximum atomic E-state index is 10.7. The van der Waals surface area contributed by atoms with Gasteiger partial charge in [-0.1, -0.05) is 0 Å². The molecule has 1 rings (SSSR count). The van der Waals surface area contributed by atoms with Gasteiger partial charge in [-0.05, 0) is 6.42 Å².